The number of ketones is 1. The summed E-state index contributed by atoms with van der Waals surface area (Å²) in [7, 11) is 0. The first-order valence-corrected chi connectivity index (χ1v) is 7.18. The van der Waals surface area contributed by atoms with E-state index >= 15 is 0 Å². The van der Waals surface area contributed by atoms with E-state index in [-0.39, 0.29) is 17.6 Å². The number of amides is 1. The molecule has 0 fully saturated rings. The first kappa shape index (κ1) is 14.1. The first-order valence-electron chi connectivity index (χ1n) is 6.42. The summed E-state index contributed by atoms with van der Waals surface area (Å²) in [6.45, 7) is 1.81. The minimum atomic E-state index is -0.256. The van der Waals surface area contributed by atoms with E-state index in [0.29, 0.717) is 26.9 Å². The number of carbonyl (C=O) groups is 2. The summed E-state index contributed by atoms with van der Waals surface area (Å²) in [5.41, 5.74) is 2.21. The van der Waals surface area contributed by atoms with Gasteiger partial charge in [0.1, 0.15) is 0 Å². The van der Waals surface area contributed by atoms with Crippen LogP contribution in [0, 0.1) is 0 Å². The molecule has 0 saturated heterocycles. The molecule has 106 valence electrons. The minimum absolute atomic E-state index is 0.104. The van der Waals surface area contributed by atoms with Crippen LogP contribution in [0.5, 0.6) is 0 Å². The van der Waals surface area contributed by atoms with E-state index in [4.69, 9.17) is 23.2 Å². The van der Waals surface area contributed by atoms with Gasteiger partial charge in [-0.3, -0.25) is 9.59 Å². The molecule has 1 unspecified atom stereocenters. The Morgan fingerprint density at radius 1 is 1.14 bits per heavy atom. The van der Waals surface area contributed by atoms with E-state index in [2.05, 4.69) is 5.32 Å². The van der Waals surface area contributed by atoms with E-state index < -0.39 is 0 Å². The third-order valence-electron chi connectivity index (χ3n) is 3.63. The zero-order valence-corrected chi connectivity index (χ0v) is 12.6. The zero-order valence-electron chi connectivity index (χ0n) is 11.1. The smallest absolute Gasteiger partial charge is 0.231 e. The summed E-state index contributed by atoms with van der Waals surface area (Å²) in [5.74, 6) is -0.594. The van der Waals surface area contributed by atoms with E-state index in [1.807, 2.05) is 13.0 Å². The molecule has 5 heteroatoms. The molecule has 0 bridgehead atoms. The third kappa shape index (κ3) is 2.33. The lowest BCUT2D eigenvalue weighted by molar-refractivity contribution is -0.116. The number of nitrogens with one attached hydrogen (secondary N) is 1. The van der Waals surface area contributed by atoms with Gasteiger partial charge in [-0.2, -0.15) is 0 Å². The Hall–Kier alpha value is -1.84. The molecule has 1 aliphatic rings. The Morgan fingerprint density at radius 3 is 2.62 bits per heavy atom. The van der Waals surface area contributed by atoms with Crippen molar-refractivity contribution in [1.29, 1.82) is 0 Å². The molecule has 3 nitrogen and oxygen atoms in total. The van der Waals surface area contributed by atoms with E-state index in [0.717, 1.165) is 5.56 Å². The molecule has 1 heterocycles. The van der Waals surface area contributed by atoms with Crippen LogP contribution in [0.1, 0.15) is 34.3 Å². The molecular formula is C16H11Cl2NO2. The van der Waals surface area contributed by atoms with Gasteiger partial charge in [0, 0.05) is 16.1 Å². The maximum Gasteiger partial charge on any atom is 0.231 e. The molecular weight excluding hydrogens is 309 g/mol. The predicted molar refractivity (Wildman–Crippen MR) is 83.4 cm³/mol. The number of para-hydroxylation sites is 1. The van der Waals surface area contributed by atoms with Crippen molar-refractivity contribution in [3.05, 3.63) is 63.1 Å². The molecule has 0 aliphatic carbocycles. The summed E-state index contributed by atoms with van der Waals surface area (Å²) in [6, 6.07) is 10.0. The number of hydrogen-bond acceptors (Lipinski definition) is 2. The fourth-order valence-electron chi connectivity index (χ4n) is 2.45. The molecule has 3 rings (SSSR count). The molecule has 1 aliphatic heterocycles. The quantitative estimate of drug-likeness (QED) is 0.840. The lowest BCUT2D eigenvalue weighted by atomic mass is 9.96. The number of fused-ring (bicyclic) bond motifs is 1. The van der Waals surface area contributed by atoms with Crippen molar-refractivity contribution in [2.24, 2.45) is 0 Å². The average molecular weight is 320 g/mol. The molecule has 0 aromatic heterocycles. The van der Waals surface area contributed by atoms with Crippen LogP contribution >= 0.6 is 23.2 Å². The van der Waals surface area contributed by atoms with Gasteiger partial charge in [-0.1, -0.05) is 35.3 Å². The molecule has 21 heavy (non-hydrogen) atoms. The molecule has 0 radical (unpaired) electrons. The van der Waals surface area contributed by atoms with Gasteiger partial charge in [-0.05, 0) is 36.8 Å². The van der Waals surface area contributed by atoms with Crippen LogP contribution in [0.2, 0.25) is 10.0 Å². The van der Waals surface area contributed by atoms with E-state index in [1.165, 1.54) is 6.07 Å². The highest BCUT2D eigenvalue weighted by molar-refractivity contribution is 6.37. The lowest BCUT2D eigenvalue weighted by Crippen LogP contribution is -2.10. The van der Waals surface area contributed by atoms with Crippen molar-refractivity contribution >= 4 is 40.6 Å². The third-order valence-corrected chi connectivity index (χ3v) is 4.17. The van der Waals surface area contributed by atoms with Crippen LogP contribution in [0.15, 0.2) is 36.4 Å². The number of rotatable bonds is 2. The summed E-state index contributed by atoms with van der Waals surface area (Å²) in [4.78, 5) is 24.5. The summed E-state index contributed by atoms with van der Waals surface area (Å²) in [5, 5.41) is 3.53. The van der Waals surface area contributed by atoms with Crippen LogP contribution in [0.4, 0.5) is 5.69 Å². The molecule has 0 saturated carbocycles. The normalized spacial score (nSPS) is 16.5. The van der Waals surface area contributed by atoms with Crippen molar-refractivity contribution in [3.8, 4) is 0 Å². The van der Waals surface area contributed by atoms with Crippen molar-refractivity contribution in [2.75, 3.05) is 5.32 Å². The van der Waals surface area contributed by atoms with Gasteiger partial charge in [0.15, 0.2) is 5.78 Å². The van der Waals surface area contributed by atoms with Crippen molar-refractivity contribution in [2.45, 2.75) is 12.8 Å². The lowest BCUT2D eigenvalue weighted by Gasteiger charge is -2.09. The van der Waals surface area contributed by atoms with Gasteiger partial charge >= 0.3 is 0 Å². The van der Waals surface area contributed by atoms with Crippen LogP contribution in [-0.2, 0) is 4.79 Å². The second-order valence-electron chi connectivity index (χ2n) is 4.93. The Morgan fingerprint density at radius 2 is 1.90 bits per heavy atom. The van der Waals surface area contributed by atoms with Crippen molar-refractivity contribution < 1.29 is 9.59 Å². The second kappa shape index (κ2) is 5.17. The summed E-state index contributed by atoms with van der Waals surface area (Å²) >= 11 is 11.9. The Bertz CT molecular complexity index is 771. The molecule has 1 N–H and O–H groups in total. The minimum Gasteiger partial charge on any atom is -0.325 e. The van der Waals surface area contributed by atoms with Gasteiger partial charge in [0.2, 0.25) is 5.91 Å². The number of hydrogen-bond donors (Lipinski definition) is 1. The van der Waals surface area contributed by atoms with E-state index in [1.54, 1.807) is 24.3 Å². The van der Waals surface area contributed by atoms with Gasteiger partial charge in [0.25, 0.3) is 0 Å². The topological polar surface area (TPSA) is 46.2 Å². The molecule has 2 aromatic carbocycles. The summed E-state index contributed by atoms with van der Waals surface area (Å²) < 4.78 is 0. The zero-order chi connectivity index (χ0) is 15.1. The highest BCUT2D eigenvalue weighted by Crippen LogP contribution is 2.36. The number of anilines is 1. The number of carbonyl (C=O) groups excluding carboxylic acids is 2. The molecule has 1 amide bonds. The highest BCUT2D eigenvalue weighted by atomic mass is 35.5. The SMILES string of the molecule is CC1C(=O)Nc2c(C(=O)c3ccc(Cl)cc3Cl)cccc21. The van der Waals surface area contributed by atoms with Gasteiger partial charge < -0.3 is 5.32 Å². The highest BCUT2D eigenvalue weighted by Gasteiger charge is 2.30. The van der Waals surface area contributed by atoms with Crippen molar-refractivity contribution in [3.63, 3.8) is 0 Å². The number of halogens is 2. The maximum atomic E-state index is 12.7. The first-order chi connectivity index (χ1) is 9.99. The van der Waals surface area contributed by atoms with E-state index in [9.17, 15) is 9.59 Å². The van der Waals surface area contributed by atoms with Gasteiger partial charge in [-0.15, -0.1) is 0 Å². The maximum absolute atomic E-state index is 12.7. The van der Waals surface area contributed by atoms with Crippen LogP contribution in [0.25, 0.3) is 0 Å². The monoisotopic (exact) mass is 319 g/mol. The fourth-order valence-corrected chi connectivity index (χ4v) is 2.95. The van der Waals surface area contributed by atoms with Crippen LogP contribution < -0.4 is 5.32 Å². The molecule has 2 aromatic rings. The Balaban J connectivity index is 2.10. The Kier molecular flexibility index (Phi) is 3.47. The van der Waals surface area contributed by atoms with Gasteiger partial charge in [0.05, 0.1) is 16.6 Å². The predicted octanol–water partition coefficient (Wildman–Crippen LogP) is 4.28. The Labute approximate surface area is 131 Å². The van der Waals surface area contributed by atoms with Gasteiger partial charge in [-0.25, -0.2) is 0 Å². The average Bonchev–Trinajstić information content (AvgIpc) is 2.74. The van der Waals surface area contributed by atoms with Crippen molar-refractivity contribution in [1.82, 2.24) is 0 Å². The standard InChI is InChI=1S/C16H11Cl2NO2/c1-8-10-3-2-4-12(14(10)19-16(8)21)15(20)11-6-5-9(17)7-13(11)18/h2-8H,1H3,(H,19,21). The largest absolute Gasteiger partial charge is 0.325 e. The summed E-state index contributed by atoms with van der Waals surface area (Å²) in [6.07, 6.45) is 0. The molecule has 0 spiro atoms. The fraction of sp³-hybridized carbons (Fsp3) is 0.125. The van der Waals surface area contributed by atoms with Crippen LogP contribution in [0.3, 0.4) is 0 Å². The number of benzene rings is 2. The second-order valence-corrected chi connectivity index (χ2v) is 5.78. The van der Waals surface area contributed by atoms with Crippen LogP contribution in [-0.4, -0.2) is 11.7 Å². The molecule has 1 atom stereocenters.